The van der Waals surface area contributed by atoms with Gasteiger partial charge in [0.2, 0.25) is 5.91 Å². The molecule has 2 aliphatic rings. The number of allylic oxidation sites excluding steroid dienone is 1. The van der Waals surface area contributed by atoms with Crippen LogP contribution < -0.4 is 4.74 Å². The molecule has 2 aliphatic heterocycles. The smallest absolute Gasteiger partial charge is 0.338 e. The van der Waals surface area contributed by atoms with Crippen molar-refractivity contribution < 1.29 is 19.1 Å². The Labute approximate surface area is 169 Å². The number of amides is 1. The van der Waals surface area contributed by atoms with E-state index < -0.39 is 12.0 Å². The van der Waals surface area contributed by atoms with Crippen LogP contribution in [0, 0.1) is 0 Å². The average molecular weight is 401 g/mol. The highest BCUT2D eigenvalue weighted by Crippen LogP contribution is 2.33. The van der Waals surface area contributed by atoms with Gasteiger partial charge in [-0.3, -0.25) is 9.69 Å². The Bertz CT molecular complexity index is 873. The van der Waals surface area contributed by atoms with Gasteiger partial charge in [-0.2, -0.15) is 0 Å². The number of esters is 1. The van der Waals surface area contributed by atoms with E-state index in [0.717, 1.165) is 11.3 Å². The van der Waals surface area contributed by atoms with Crippen molar-refractivity contribution in [2.45, 2.75) is 39.3 Å². The summed E-state index contributed by atoms with van der Waals surface area (Å²) >= 11 is 1.53. The van der Waals surface area contributed by atoms with Crippen LogP contribution in [0.1, 0.15) is 32.8 Å². The summed E-state index contributed by atoms with van der Waals surface area (Å²) in [5, 5.41) is 0.629. The number of ether oxygens (including phenoxy) is 2. The number of benzene rings is 1. The summed E-state index contributed by atoms with van der Waals surface area (Å²) in [4.78, 5) is 31.6. The number of hydrogen-bond donors (Lipinski definition) is 0. The largest absolute Gasteiger partial charge is 0.496 e. The minimum atomic E-state index is -0.566. The van der Waals surface area contributed by atoms with Crippen molar-refractivity contribution in [1.29, 1.82) is 0 Å². The lowest BCUT2D eigenvalue weighted by atomic mass is 10.00. The fourth-order valence-electron chi connectivity index (χ4n) is 3.16. The lowest BCUT2D eigenvalue weighted by molar-refractivity contribution is -0.143. The highest BCUT2D eigenvalue weighted by atomic mass is 32.2. The normalized spacial score (nSPS) is 19.8. The predicted octanol–water partition coefficient (Wildman–Crippen LogP) is 3.64. The zero-order valence-corrected chi connectivity index (χ0v) is 17.3. The topological polar surface area (TPSA) is 68.2 Å². The van der Waals surface area contributed by atoms with Crippen LogP contribution in [0.2, 0.25) is 0 Å². The number of rotatable bonds is 5. The first-order valence-corrected chi connectivity index (χ1v) is 10.2. The molecule has 0 bridgehead atoms. The van der Waals surface area contributed by atoms with Crippen LogP contribution in [0.15, 0.2) is 46.6 Å². The number of fused-ring (bicyclic) bond motifs is 1. The highest BCUT2D eigenvalue weighted by Gasteiger charge is 2.39. The monoisotopic (exact) mass is 400 g/mol. The maximum atomic E-state index is 12.8. The first-order chi connectivity index (χ1) is 13.4. The quantitative estimate of drug-likeness (QED) is 0.706. The molecule has 2 heterocycles. The number of nitrogens with zero attached hydrogens (tertiary/aromatic N) is 2. The minimum Gasteiger partial charge on any atom is -0.496 e. The fraction of sp³-hybridized carbons (Fsp3) is 0.381. The van der Waals surface area contributed by atoms with Gasteiger partial charge >= 0.3 is 5.97 Å². The number of hydrogen-bond acceptors (Lipinski definition) is 6. The third kappa shape index (κ3) is 4.14. The second-order valence-corrected chi connectivity index (χ2v) is 7.82. The molecule has 3 rings (SSSR count). The Morgan fingerprint density at radius 3 is 2.82 bits per heavy atom. The van der Waals surface area contributed by atoms with Gasteiger partial charge in [0.05, 0.1) is 30.5 Å². The second kappa shape index (κ2) is 8.65. The predicted molar refractivity (Wildman–Crippen MR) is 111 cm³/mol. The number of aliphatic imine (C=N–C) groups is 1. The van der Waals surface area contributed by atoms with Crippen LogP contribution in [-0.4, -0.2) is 47.0 Å². The number of amidine groups is 1. The van der Waals surface area contributed by atoms with E-state index in [1.807, 2.05) is 36.4 Å². The molecule has 1 unspecified atom stereocenters. The maximum absolute atomic E-state index is 12.8. The van der Waals surface area contributed by atoms with Crippen LogP contribution in [0.3, 0.4) is 0 Å². The molecule has 0 saturated carbocycles. The number of para-hydroxylation sites is 1. The molecule has 0 aliphatic carbocycles. The summed E-state index contributed by atoms with van der Waals surface area (Å²) in [6.45, 7) is 5.38. The average Bonchev–Trinajstić information content (AvgIpc) is 2.65. The van der Waals surface area contributed by atoms with E-state index in [-0.39, 0.29) is 12.0 Å². The van der Waals surface area contributed by atoms with Crippen molar-refractivity contribution in [3.63, 3.8) is 0 Å². The first kappa shape index (κ1) is 20.2. The number of methoxy groups -OCH3 is 1. The Morgan fingerprint density at radius 1 is 1.36 bits per heavy atom. The van der Waals surface area contributed by atoms with E-state index in [1.165, 1.54) is 11.8 Å². The van der Waals surface area contributed by atoms with Gasteiger partial charge in [0.1, 0.15) is 5.75 Å². The van der Waals surface area contributed by atoms with Crippen LogP contribution in [-0.2, 0) is 14.3 Å². The Morgan fingerprint density at radius 2 is 2.11 bits per heavy atom. The molecule has 0 N–H and O–H groups in total. The van der Waals surface area contributed by atoms with Crippen LogP contribution in [0.4, 0.5) is 0 Å². The first-order valence-electron chi connectivity index (χ1n) is 9.19. The summed E-state index contributed by atoms with van der Waals surface area (Å²) < 4.78 is 10.8. The summed E-state index contributed by atoms with van der Waals surface area (Å²) in [5.74, 6) is 0.911. The van der Waals surface area contributed by atoms with Gasteiger partial charge in [-0.25, -0.2) is 9.79 Å². The highest BCUT2D eigenvalue weighted by molar-refractivity contribution is 8.14. The number of thioether (sulfide) groups is 1. The van der Waals surface area contributed by atoms with Gasteiger partial charge in [-0.15, -0.1) is 0 Å². The third-order valence-corrected chi connectivity index (χ3v) is 5.36. The molecule has 1 atom stereocenters. The minimum absolute atomic E-state index is 0.0467. The van der Waals surface area contributed by atoms with E-state index in [9.17, 15) is 9.59 Å². The molecule has 0 spiro atoms. The lowest BCUT2D eigenvalue weighted by Crippen LogP contribution is -2.49. The van der Waals surface area contributed by atoms with Crippen molar-refractivity contribution in [1.82, 2.24) is 4.90 Å². The molecular weight excluding hydrogens is 376 g/mol. The molecule has 1 fully saturated rings. The molecule has 1 aromatic rings. The fourth-order valence-corrected chi connectivity index (χ4v) is 4.18. The van der Waals surface area contributed by atoms with Gasteiger partial charge in [-0.05, 0) is 26.8 Å². The van der Waals surface area contributed by atoms with E-state index in [0.29, 0.717) is 28.6 Å². The van der Waals surface area contributed by atoms with E-state index in [4.69, 9.17) is 9.47 Å². The van der Waals surface area contributed by atoms with Crippen LogP contribution in [0.5, 0.6) is 5.75 Å². The maximum Gasteiger partial charge on any atom is 0.338 e. The zero-order valence-electron chi connectivity index (χ0n) is 16.5. The summed E-state index contributed by atoms with van der Waals surface area (Å²) in [6, 6.07) is 7.02. The van der Waals surface area contributed by atoms with Crippen molar-refractivity contribution >= 4 is 34.9 Å². The molecule has 6 nitrogen and oxygen atoms in total. The van der Waals surface area contributed by atoms with Crippen molar-refractivity contribution in [3.8, 4) is 5.75 Å². The standard InChI is InChI=1S/C21H24N2O4S/c1-13(2)27-20(25)19-14(3)22-21-23(18(24)11-12-28-21)16(19)10-9-15-7-5-6-8-17(15)26-4/h5-10,13,16H,11-12H2,1-4H3. The van der Waals surface area contributed by atoms with E-state index in [1.54, 1.807) is 32.8 Å². The molecule has 148 valence electrons. The van der Waals surface area contributed by atoms with Gasteiger partial charge < -0.3 is 9.47 Å². The van der Waals surface area contributed by atoms with Crippen LogP contribution in [0.25, 0.3) is 6.08 Å². The lowest BCUT2D eigenvalue weighted by Gasteiger charge is -2.37. The molecule has 28 heavy (non-hydrogen) atoms. The van der Waals surface area contributed by atoms with Gasteiger partial charge in [0.25, 0.3) is 0 Å². The van der Waals surface area contributed by atoms with Crippen LogP contribution >= 0.6 is 11.8 Å². The molecule has 1 amide bonds. The van der Waals surface area contributed by atoms with E-state index >= 15 is 0 Å². The number of carbonyl (C=O) groups is 2. The van der Waals surface area contributed by atoms with Crippen molar-refractivity contribution in [3.05, 3.63) is 47.2 Å². The Kier molecular flexibility index (Phi) is 6.24. The molecular formula is C21H24N2O4S. The van der Waals surface area contributed by atoms with Gasteiger partial charge in [0.15, 0.2) is 5.17 Å². The molecule has 7 heteroatoms. The Balaban J connectivity index is 2.04. The third-order valence-electron chi connectivity index (χ3n) is 4.41. The molecule has 0 radical (unpaired) electrons. The van der Waals surface area contributed by atoms with Crippen molar-refractivity contribution in [2.24, 2.45) is 4.99 Å². The van der Waals surface area contributed by atoms with Crippen molar-refractivity contribution in [2.75, 3.05) is 12.9 Å². The van der Waals surface area contributed by atoms with E-state index in [2.05, 4.69) is 4.99 Å². The van der Waals surface area contributed by atoms with Gasteiger partial charge in [0, 0.05) is 17.7 Å². The SMILES string of the molecule is COc1ccccc1C=CC1C(C(=O)OC(C)C)=C(C)N=C2SCCC(=O)N21. The molecule has 1 aromatic carbocycles. The summed E-state index contributed by atoms with van der Waals surface area (Å²) in [5.41, 5.74) is 1.83. The second-order valence-electron chi connectivity index (χ2n) is 6.76. The summed E-state index contributed by atoms with van der Waals surface area (Å²) in [7, 11) is 1.61. The number of carbonyl (C=O) groups excluding carboxylic acids is 2. The zero-order chi connectivity index (χ0) is 20.3. The molecule has 1 saturated heterocycles. The molecule has 0 aromatic heterocycles. The summed E-state index contributed by atoms with van der Waals surface area (Å²) in [6.07, 6.45) is 3.86. The Hall–Kier alpha value is -2.54. The van der Waals surface area contributed by atoms with Gasteiger partial charge in [-0.1, -0.05) is 42.1 Å².